The lowest BCUT2D eigenvalue weighted by atomic mass is 10.3. The second-order valence-electron chi connectivity index (χ2n) is 5.52. The van der Waals surface area contributed by atoms with E-state index in [0.29, 0.717) is 16.5 Å². The van der Waals surface area contributed by atoms with Crippen LogP contribution in [0.3, 0.4) is 0 Å². The van der Waals surface area contributed by atoms with Crippen LogP contribution in [-0.4, -0.2) is 38.8 Å². The van der Waals surface area contributed by atoms with Gasteiger partial charge in [0.05, 0.1) is 4.90 Å². The van der Waals surface area contributed by atoms with Gasteiger partial charge in [0.25, 0.3) is 5.91 Å². The minimum absolute atomic E-state index is 0.0987. The second kappa shape index (κ2) is 7.86. The van der Waals surface area contributed by atoms with E-state index in [2.05, 4.69) is 5.32 Å². The maximum Gasteiger partial charge on any atom is 0.265 e. The Morgan fingerprint density at radius 1 is 1.16 bits per heavy atom. The van der Waals surface area contributed by atoms with E-state index in [1.54, 1.807) is 43.3 Å². The maximum atomic E-state index is 12.3. The topological polar surface area (TPSA) is 75.7 Å². The molecule has 0 spiro atoms. The lowest BCUT2D eigenvalue weighted by Gasteiger charge is -2.16. The number of amides is 1. The summed E-state index contributed by atoms with van der Waals surface area (Å²) in [4.78, 5) is 12.4. The largest absolute Gasteiger partial charge is 0.481 e. The first kappa shape index (κ1) is 19.2. The first-order valence-electron chi connectivity index (χ1n) is 7.46. The molecule has 0 saturated heterocycles. The molecule has 0 saturated carbocycles. The normalized spacial score (nSPS) is 12.7. The van der Waals surface area contributed by atoms with Gasteiger partial charge in [-0.15, -0.1) is 0 Å². The minimum atomic E-state index is -3.57. The Morgan fingerprint density at radius 2 is 1.80 bits per heavy atom. The molecule has 25 heavy (non-hydrogen) atoms. The Labute approximate surface area is 152 Å². The van der Waals surface area contributed by atoms with E-state index in [-0.39, 0.29) is 4.90 Å². The van der Waals surface area contributed by atoms with E-state index in [4.69, 9.17) is 16.3 Å². The molecule has 2 aromatic carbocycles. The molecular formula is C17H19ClN2O4S. The van der Waals surface area contributed by atoms with Crippen LogP contribution in [-0.2, 0) is 14.8 Å². The first-order chi connectivity index (χ1) is 11.7. The number of ether oxygens (including phenoxy) is 1. The summed E-state index contributed by atoms with van der Waals surface area (Å²) in [5.41, 5.74) is 0.375. The number of hydrogen-bond acceptors (Lipinski definition) is 4. The minimum Gasteiger partial charge on any atom is -0.481 e. The summed E-state index contributed by atoms with van der Waals surface area (Å²) < 4.78 is 31.0. The molecule has 6 nitrogen and oxygen atoms in total. The molecule has 1 N–H and O–H groups in total. The lowest BCUT2D eigenvalue weighted by molar-refractivity contribution is -0.122. The number of sulfonamides is 1. The average Bonchev–Trinajstić information content (AvgIpc) is 2.57. The number of nitrogens with zero attached hydrogens (tertiary/aromatic N) is 1. The van der Waals surface area contributed by atoms with E-state index < -0.39 is 22.0 Å². The van der Waals surface area contributed by atoms with Gasteiger partial charge in [0.15, 0.2) is 6.10 Å². The van der Waals surface area contributed by atoms with Crippen LogP contribution in [0.4, 0.5) is 5.69 Å². The molecular weight excluding hydrogens is 364 g/mol. The molecule has 1 unspecified atom stereocenters. The number of halogens is 1. The monoisotopic (exact) mass is 382 g/mol. The zero-order valence-corrected chi connectivity index (χ0v) is 15.6. The average molecular weight is 383 g/mol. The van der Waals surface area contributed by atoms with Gasteiger partial charge in [0.1, 0.15) is 5.75 Å². The smallest absolute Gasteiger partial charge is 0.265 e. The zero-order valence-electron chi connectivity index (χ0n) is 14.1. The molecule has 8 heteroatoms. The molecule has 134 valence electrons. The van der Waals surface area contributed by atoms with Crippen molar-refractivity contribution < 1.29 is 17.9 Å². The van der Waals surface area contributed by atoms with Crippen LogP contribution in [0.5, 0.6) is 5.75 Å². The van der Waals surface area contributed by atoms with Gasteiger partial charge >= 0.3 is 0 Å². The van der Waals surface area contributed by atoms with E-state index >= 15 is 0 Å². The van der Waals surface area contributed by atoms with Crippen molar-refractivity contribution in [2.24, 2.45) is 0 Å². The fourth-order valence-corrected chi connectivity index (χ4v) is 3.03. The summed E-state index contributed by atoms with van der Waals surface area (Å²) >= 11 is 5.80. The van der Waals surface area contributed by atoms with Crippen molar-refractivity contribution >= 4 is 33.2 Å². The molecule has 0 fully saturated rings. The predicted molar refractivity (Wildman–Crippen MR) is 97.5 cm³/mol. The van der Waals surface area contributed by atoms with Gasteiger partial charge < -0.3 is 10.1 Å². The Kier molecular flexibility index (Phi) is 6.05. The van der Waals surface area contributed by atoms with Crippen LogP contribution in [0.1, 0.15) is 6.92 Å². The van der Waals surface area contributed by atoms with E-state index in [1.807, 2.05) is 0 Å². The van der Waals surface area contributed by atoms with Gasteiger partial charge in [0.2, 0.25) is 10.0 Å². The van der Waals surface area contributed by atoms with Crippen molar-refractivity contribution in [2.45, 2.75) is 17.9 Å². The summed E-state index contributed by atoms with van der Waals surface area (Å²) in [5.74, 6) is 0.116. The first-order valence-corrected chi connectivity index (χ1v) is 9.27. The van der Waals surface area contributed by atoms with Crippen molar-refractivity contribution in [3.63, 3.8) is 0 Å². The highest BCUT2D eigenvalue weighted by Gasteiger charge is 2.19. The van der Waals surface area contributed by atoms with Gasteiger partial charge in [-0.3, -0.25) is 4.79 Å². The van der Waals surface area contributed by atoms with Gasteiger partial charge in [-0.1, -0.05) is 17.7 Å². The summed E-state index contributed by atoms with van der Waals surface area (Å²) in [7, 11) is -0.676. The fourth-order valence-electron chi connectivity index (χ4n) is 1.96. The van der Waals surface area contributed by atoms with E-state index in [0.717, 1.165) is 4.31 Å². The standard InChI is InChI=1S/C17H19ClN2O4S/c1-12(24-15-9-7-13(18)8-10-15)17(21)19-14-5-4-6-16(11-14)25(22,23)20(2)3/h4-12H,1-3H3,(H,19,21). The van der Waals surface area contributed by atoms with Crippen LogP contribution in [0.15, 0.2) is 53.4 Å². The number of carbonyl (C=O) groups excluding carboxylic acids is 1. The number of hydrogen-bond donors (Lipinski definition) is 1. The van der Waals surface area contributed by atoms with E-state index in [9.17, 15) is 13.2 Å². The molecule has 0 heterocycles. The number of rotatable bonds is 6. The zero-order chi connectivity index (χ0) is 18.6. The van der Waals surface area contributed by atoms with Crippen molar-refractivity contribution in [1.82, 2.24) is 4.31 Å². The highest BCUT2D eigenvalue weighted by molar-refractivity contribution is 7.89. The molecule has 0 aromatic heterocycles. The molecule has 0 aliphatic heterocycles. The third-order valence-corrected chi connectivity index (χ3v) is 5.44. The highest BCUT2D eigenvalue weighted by atomic mass is 35.5. The van der Waals surface area contributed by atoms with E-state index in [1.165, 1.54) is 26.2 Å². The molecule has 0 bridgehead atoms. The molecule has 0 aliphatic carbocycles. The SMILES string of the molecule is CC(Oc1ccc(Cl)cc1)C(=O)Nc1cccc(S(=O)(=O)N(C)C)c1. The highest BCUT2D eigenvalue weighted by Crippen LogP contribution is 2.20. The number of nitrogens with one attached hydrogen (secondary N) is 1. The molecule has 2 aromatic rings. The van der Waals surface area contributed by atoms with Crippen molar-refractivity contribution in [2.75, 3.05) is 19.4 Å². The van der Waals surface area contributed by atoms with Crippen LogP contribution in [0.25, 0.3) is 0 Å². The summed E-state index contributed by atoms with van der Waals surface area (Å²) in [6.45, 7) is 1.60. The Morgan fingerprint density at radius 3 is 2.40 bits per heavy atom. The second-order valence-corrected chi connectivity index (χ2v) is 8.11. The third kappa shape index (κ3) is 4.94. The Balaban J connectivity index is 2.08. The van der Waals surface area contributed by atoms with Crippen LogP contribution in [0, 0.1) is 0 Å². The van der Waals surface area contributed by atoms with Gasteiger partial charge in [-0.2, -0.15) is 0 Å². The van der Waals surface area contributed by atoms with Gasteiger partial charge in [0, 0.05) is 24.8 Å². The summed E-state index contributed by atoms with van der Waals surface area (Å²) in [6.07, 6.45) is -0.768. The Bertz CT molecular complexity index is 851. The predicted octanol–water partition coefficient (Wildman–Crippen LogP) is 3.00. The summed E-state index contributed by atoms with van der Waals surface area (Å²) in [5, 5.41) is 3.22. The lowest BCUT2D eigenvalue weighted by Crippen LogP contribution is -2.30. The third-order valence-electron chi connectivity index (χ3n) is 3.38. The van der Waals surface area contributed by atoms with Gasteiger partial charge in [-0.05, 0) is 49.4 Å². The summed E-state index contributed by atoms with van der Waals surface area (Å²) in [6, 6.07) is 12.7. The van der Waals surface area contributed by atoms with Crippen LogP contribution >= 0.6 is 11.6 Å². The van der Waals surface area contributed by atoms with Gasteiger partial charge in [-0.25, -0.2) is 12.7 Å². The van der Waals surface area contributed by atoms with Crippen molar-refractivity contribution in [3.8, 4) is 5.75 Å². The maximum absolute atomic E-state index is 12.3. The number of anilines is 1. The molecule has 1 atom stereocenters. The van der Waals surface area contributed by atoms with Crippen molar-refractivity contribution in [1.29, 1.82) is 0 Å². The quantitative estimate of drug-likeness (QED) is 0.833. The van der Waals surface area contributed by atoms with Crippen molar-refractivity contribution in [3.05, 3.63) is 53.6 Å². The van der Waals surface area contributed by atoms with Crippen LogP contribution < -0.4 is 10.1 Å². The molecule has 1 amide bonds. The fraction of sp³-hybridized carbons (Fsp3) is 0.235. The van der Waals surface area contributed by atoms with Crippen LogP contribution in [0.2, 0.25) is 5.02 Å². The number of benzene rings is 2. The molecule has 2 rings (SSSR count). The molecule has 0 radical (unpaired) electrons. The number of carbonyl (C=O) groups is 1. The Hall–Kier alpha value is -2.09. The molecule has 0 aliphatic rings.